The normalized spacial score (nSPS) is 12.1. The molecular formula is C9H10F3NO. The van der Waals surface area contributed by atoms with E-state index in [1.807, 2.05) is 0 Å². The molecule has 0 aliphatic carbocycles. The van der Waals surface area contributed by atoms with Crippen molar-refractivity contribution in [2.45, 2.75) is 13.1 Å². The van der Waals surface area contributed by atoms with Crippen molar-refractivity contribution in [1.82, 2.24) is 5.32 Å². The average Bonchev–Trinajstić information content (AvgIpc) is 2.02. The molecule has 0 spiro atoms. The van der Waals surface area contributed by atoms with Gasteiger partial charge in [-0.05, 0) is 18.6 Å². The van der Waals surface area contributed by atoms with Gasteiger partial charge in [0.05, 0.1) is 0 Å². The zero-order valence-electron chi connectivity index (χ0n) is 7.61. The van der Waals surface area contributed by atoms with Gasteiger partial charge in [0.1, 0.15) is 0 Å². The lowest BCUT2D eigenvalue weighted by molar-refractivity contribution is -0.172. The fourth-order valence-corrected chi connectivity index (χ4v) is 0.587. The number of carbonyl (C=O) groups excluding carboxylic acids is 1. The molecule has 0 aliphatic rings. The Morgan fingerprint density at radius 3 is 2.29 bits per heavy atom. The Bertz CT molecular complexity index is 289. The molecule has 0 rings (SSSR count). The summed E-state index contributed by atoms with van der Waals surface area (Å²) >= 11 is 0. The van der Waals surface area contributed by atoms with Crippen LogP contribution in [0.15, 0.2) is 36.6 Å². The first-order valence-electron chi connectivity index (χ1n) is 3.65. The molecule has 14 heavy (non-hydrogen) atoms. The lowest BCUT2D eigenvalue weighted by atomic mass is 10.2. The molecule has 0 aromatic rings. The molecule has 78 valence electrons. The number of rotatable bonds is 3. The lowest BCUT2D eigenvalue weighted by Crippen LogP contribution is -2.35. The Balaban J connectivity index is 4.36. The predicted octanol–water partition coefficient (Wildman–Crippen LogP) is 2.31. The minimum Gasteiger partial charge on any atom is -0.319 e. The van der Waals surface area contributed by atoms with Crippen LogP contribution in [0.25, 0.3) is 0 Å². The van der Waals surface area contributed by atoms with Crippen LogP contribution in [0, 0.1) is 0 Å². The molecule has 0 aliphatic heterocycles. The van der Waals surface area contributed by atoms with Gasteiger partial charge in [0.25, 0.3) is 0 Å². The van der Waals surface area contributed by atoms with Crippen LogP contribution in [-0.2, 0) is 4.79 Å². The molecule has 1 amide bonds. The maximum absolute atomic E-state index is 11.7. The third-order valence-electron chi connectivity index (χ3n) is 1.26. The van der Waals surface area contributed by atoms with Crippen molar-refractivity contribution in [2.24, 2.45) is 0 Å². The topological polar surface area (TPSA) is 29.1 Å². The number of amides is 1. The first-order valence-corrected chi connectivity index (χ1v) is 3.65. The molecule has 1 N–H and O–H groups in total. The molecular weight excluding hydrogens is 195 g/mol. The Hall–Kier alpha value is -1.52. The average molecular weight is 205 g/mol. The highest BCUT2D eigenvalue weighted by atomic mass is 19.4. The second-order valence-electron chi connectivity index (χ2n) is 2.57. The van der Waals surface area contributed by atoms with E-state index >= 15 is 0 Å². The Morgan fingerprint density at radius 2 is 1.93 bits per heavy atom. The van der Waals surface area contributed by atoms with E-state index in [1.165, 1.54) is 12.2 Å². The van der Waals surface area contributed by atoms with E-state index in [0.29, 0.717) is 5.57 Å². The predicted molar refractivity (Wildman–Crippen MR) is 47.3 cm³/mol. The van der Waals surface area contributed by atoms with Gasteiger partial charge in [0, 0.05) is 5.70 Å². The second kappa shape index (κ2) is 4.64. The second-order valence-corrected chi connectivity index (χ2v) is 2.57. The van der Waals surface area contributed by atoms with Crippen LogP contribution in [0.1, 0.15) is 6.92 Å². The highest BCUT2D eigenvalue weighted by molar-refractivity contribution is 5.83. The quantitative estimate of drug-likeness (QED) is 0.704. The highest BCUT2D eigenvalue weighted by Gasteiger charge is 2.38. The number of alkyl halides is 3. The van der Waals surface area contributed by atoms with Gasteiger partial charge < -0.3 is 5.32 Å². The number of hydrogen-bond acceptors (Lipinski definition) is 1. The smallest absolute Gasteiger partial charge is 0.319 e. The molecule has 0 atom stereocenters. The summed E-state index contributed by atoms with van der Waals surface area (Å²) in [6, 6.07) is 0. The summed E-state index contributed by atoms with van der Waals surface area (Å²) in [6.45, 7) is 8.26. The SMILES string of the molecule is C=C/C(C)=C\C(=C)NC(=O)C(F)(F)F. The Labute approximate surface area is 79.8 Å². The van der Waals surface area contributed by atoms with Gasteiger partial charge in [-0.25, -0.2) is 0 Å². The van der Waals surface area contributed by atoms with Crippen LogP contribution in [0.5, 0.6) is 0 Å². The molecule has 0 saturated carbocycles. The van der Waals surface area contributed by atoms with E-state index in [4.69, 9.17) is 0 Å². The summed E-state index contributed by atoms with van der Waals surface area (Å²) in [5, 5.41) is 1.60. The number of halogens is 3. The Morgan fingerprint density at radius 1 is 1.43 bits per heavy atom. The van der Waals surface area contributed by atoms with Gasteiger partial charge in [-0.2, -0.15) is 13.2 Å². The van der Waals surface area contributed by atoms with Crippen LogP contribution in [0.4, 0.5) is 13.2 Å². The first-order chi connectivity index (χ1) is 6.27. The minimum absolute atomic E-state index is 0.121. The van der Waals surface area contributed by atoms with Crippen LogP contribution in [0.3, 0.4) is 0 Å². The molecule has 0 saturated heterocycles. The summed E-state index contributed by atoms with van der Waals surface area (Å²) < 4.78 is 35.2. The summed E-state index contributed by atoms with van der Waals surface area (Å²) in [5.74, 6) is -2.03. The highest BCUT2D eigenvalue weighted by Crippen LogP contribution is 2.15. The molecule has 0 fully saturated rings. The van der Waals surface area contributed by atoms with Crippen LogP contribution >= 0.6 is 0 Å². The summed E-state index contributed by atoms with van der Waals surface area (Å²) in [4.78, 5) is 10.4. The van der Waals surface area contributed by atoms with Crippen LogP contribution in [0.2, 0.25) is 0 Å². The van der Waals surface area contributed by atoms with Crippen molar-refractivity contribution in [3.8, 4) is 0 Å². The van der Waals surface area contributed by atoms with E-state index in [0.717, 1.165) is 0 Å². The monoisotopic (exact) mass is 205 g/mol. The molecule has 0 bridgehead atoms. The van der Waals surface area contributed by atoms with E-state index in [1.54, 1.807) is 12.2 Å². The zero-order valence-corrected chi connectivity index (χ0v) is 7.61. The Kier molecular flexibility index (Phi) is 4.14. The van der Waals surface area contributed by atoms with Crippen molar-refractivity contribution >= 4 is 5.91 Å². The maximum atomic E-state index is 11.7. The van der Waals surface area contributed by atoms with E-state index in [9.17, 15) is 18.0 Å². The van der Waals surface area contributed by atoms with Gasteiger partial charge in [-0.3, -0.25) is 4.79 Å². The van der Waals surface area contributed by atoms with Gasteiger partial charge in [-0.1, -0.05) is 19.2 Å². The third kappa shape index (κ3) is 4.49. The minimum atomic E-state index is -4.89. The van der Waals surface area contributed by atoms with Crippen LogP contribution in [-0.4, -0.2) is 12.1 Å². The van der Waals surface area contributed by atoms with E-state index < -0.39 is 12.1 Å². The van der Waals surface area contributed by atoms with Crippen molar-refractivity contribution in [1.29, 1.82) is 0 Å². The molecule has 0 radical (unpaired) electrons. The van der Waals surface area contributed by atoms with Crippen molar-refractivity contribution in [3.05, 3.63) is 36.6 Å². The fraction of sp³-hybridized carbons (Fsp3) is 0.222. The number of nitrogens with one attached hydrogen (secondary N) is 1. The molecule has 0 aromatic heterocycles. The largest absolute Gasteiger partial charge is 0.471 e. The summed E-state index contributed by atoms with van der Waals surface area (Å²) in [6.07, 6.45) is -2.17. The standard InChI is InChI=1S/C9H10F3NO/c1-4-6(2)5-7(3)13-8(14)9(10,11)12/h4-5H,1,3H2,2H3,(H,13,14)/b6-5-. The lowest BCUT2D eigenvalue weighted by Gasteiger charge is -2.07. The number of hydrogen-bond donors (Lipinski definition) is 1. The van der Waals surface area contributed by atoms with Crippen molar-refractivity contribution in [2.75, 3.05) is 0 Å². The van der Waals surface area contributed by atoms with E-state index in [2.05, 4.69) is 13.2 Å². The molecule has 5 heteroatoms. The van der Waals surface area contributed by atoms with Gasteiger partial charge in [-0.15, -0.1) is 0 Å². The fourth-order valence-electron chi connectivity index (χ4n) is 0.587. The van der Waals surface area contributed by atoms with Crippen molar-refractivity contribution in [3.63, 3.8) is 0 Å². The van der Waals surface area contributed by atoms with Gasteiger partial charge in [0.2, 0.25) is 0 Å². The molecule has 0 unspecified atom stereocenters. The summed E-state index contributed by atoms with van der Waals surface area (Å²) in [5.41, 5.74) is 0.488. The molecule has 2 nitrogen and oxygen atoms in total. The van der Waals surface area contributed by atoms with Gasteiger partial charge in [0.15, 0.2) is 0 Å². The molecule has 0 heterocycles. The van der Waals surface area contributed by atoms with Gasteiger partial charge >= 0.3 is 12.1 Å². The number of allylic oxidation sites excluding steroid dienone is 3. The maximum Gasteiger partial charge on any atom is 0.471 e. The first kappa shape index (κ1) is 12.5. The van der Waals surface area contributed by atoms with Crippen LogP contribution < -0.4 is 5.32 Å². The zero-order chi connectivity index (χ0) is 11.4. The van der Waals surface area contributed by atoms with E-state index in [-0.39, 0.29) is 5.70 Å². The van der Waals surface area contributed by atoms with Crippen molar-refractivity contribution < 1.29 is 18.0 Å². The third-order valence-corrected chi connectivity index (χ3v) is 1.26. The summed E-state index contributed by atoms with van der Waals surface area (Å²) in [7, 11) is 0. The number of carbonyl (C=O) groups is 1. The molecule has 0 aromatic carbocycles.